The second-order valence-corrected chi connectivity index (χ2v) is 7.83. The molecule has 0 radical (unpaired) electrons. The molecule has 3 aromatic carbocycles. The SMILES string of the molecule is CCOc1ccc(C(=O)NCCNC(=O)c2cc(-c3ccccc3)cc(-c3ccccc3)n2)cc1. The van der Waals surface area contributed by atoms with Gasteiger partial charge in [0.2, 0.25) is 0 Å². The highest BCUT2D eigenvalue weighted by Crippen LogP contribution is 2.26. The predicted molar refractivity (Wildman–Crippen MR) is 137 cm³/mol. The maximum absolute atomic E-state index is 12.9. The van der Waals surface area contributed by atoms with Crippen molar-refractivity contribution >= 4 is 11.8 Å². The molecule has 0 saturated carbocycles. The van der Waals surface area contributed by atoms with Crippen LogP contribution < -0.4 is 15.4 Å². The van der Waals surface area contributed by atoms with E-state index >= 15 is 0 Å². The van der Waals surface area contributed by atoms with E-state index in [9.17, 15) is 9.59 Å². The fraction of sp³-hybridized carbons (Fsp3) is 0.138. The van der Waals surface area contributed by atoms with Crippen molar-refractivity contribution in [3.8, 4) is 28.1 Å². The third-order valence-corrected chi connectivity index (χ3v) is 5.36. The average Bonchev–Trinajstić information content (AvgIpc) is 2.92. The molecule has 1 heterocycles. The molecule has 2 amide bonds. The predicted octanol–water partition coefficient (Wildman–Crippen LogP) is 4.97. The van der Waals surface area contributed by atoms with Gasteiger partial charge in [0.1, 0.15) is 11.4 Å². The van der Waals surface area contributed by atoms with Crippen LogP contribution in [0.15, 0.2) is 97.1 Å². The van der Waals surface area contributed by atoms with Crippen molar-refractivity contribution in [2.75, 3.05) is 19.7 Å². The summed E-state index contributed by atoms with van der Waals surface area (Å²) < 4.78 is 5.40. The van der Waals surface area contributed by atoms with Crippen LogP contribution >= 0.6 is 0 Å². The highest BCUT2D eigenvalue weighted by atomic mass is 16.5. The maximum Gasteiger partial charge on any atom is 0.269 e. The van der Waals surface area contributed by atoms with Gasteiger partial charge in [-0.25, -0.2) is 4.98 Å². The van der Waals surface area contributed by atoms with E-state index in [4.69, 9.17) is 4.74 Å². The largest absolute Gasteiger partial charge is 0.494 e. The molecule has 0 unspecified atom stereocenters. The number of benzene rings is 3. The number of nitrogens with zero attached hydrogens (tertiary/aromatic N) is 1. The molecule has 1 aromatic heterocycles. The van der Waals surface area contributed by atoms with Crippen LogP contribution in [0.3, 0.4) is 0 Å². The van der Waals surface area contributed by atoms with E-state index in [-0.39, 0.29) is 18.4 Å². The van der Waals surface area contributed by atoms with Crippen molar-refractivity contribution in [2.24, 2.45) is 0 Å². The van der Waals surface area contributed by atoms with Gasteiger partial charge in [0.05, 0.1) is 12.3 Å². The minimum absolute atomic E-state index is 0.210. The molecule has 35 heavy (non-hydrogen) atoms. The van der Waals surface area contributed by atoms with Crippen LogP contribution in [-0.4, -0.2) is 36.5 Å². The summed E-state index contributed by atoms with van der Waals surface area (Å²) in [5.74, 6) is 0.213. The van der Waals surface area contributed by atoms with E-state index in [1.54, 1.807) is 30.3 Å². The monoisotopic (exact) mass is 465 g/mol. The van der Waals surface area contributed by atoms with E-state index in [1.807, 2.05) is 73.7 Å². The minimum atomic E-state index is -0.296. The zero-order chi connectivity index (χ0) is 24.5. The highest BCUT2D eigenvalue weighted by Gasteiger charge is 2.13. The molecule has 2 N–H and O–H groups in total. The number of pyridine rings is 1. The third kappa shape index (κ3) is 6.32. The van der Waals surface area contributed by atoms with E-state index in [1.165, 1.54) is 0 Å². The summed E-state index contributed by atoms with van der Waals surface area (Å²) in [6, 6.07) is 30.4. The Bertz CT molecular complexity index is 1220. The summed E-state index contributed by atoms with van der Waals surface area (Å²) in [6.07, 6.45) is 0. The van der Waals surface area contributed by atoms with E-state index < -0.39 is 0 Å². The molecule has 0 atom stereocenters. The number of hydrogen-bond acceptors (Lipinski definition) is 4. The van der Waals surface area contributed by atoms with Gasteiger partial charge in [0.15, 0.2) is 0 Å². The average molecular weight is 466 g/mol. The van der Waals surface area contributed by atoms with Crippen LogP contribution in [0.25, 0.3) is 22.4 Å². The first-order valence-corrected chi connectivity index (χ1v) is 11.6. The van der Waals surface area contributed by atoms with Gasteiger partial charge in [-0.05, 0) is 54.4 Å². The van der Waals surface area contributed by atoms with Gasteiger partial charge in [0, 0.05) is 24.2 Å². The van der Waals surface area contributed by atoms with Gasteiger partial charge in [-0.1, -0.05) is 60.7 Å². The molecule has 176 valence electrons. The van der Waals surface area contributed by atoms with E-state index in [0.717, 1.165) is 28.1 Å². The Morgan fingerprint density at radius 3 is 1.94 bits per heavy atom. The van der Waals surface area contributed by atoms with Crippen molar-refractivity contribution in [2.45, 2.75) is 6.92 Å². The second-order valence-electron chi connectivity index (χ2n) is 7.83. The fourth-order valence-corrected chi connectivity index (χ4v) is 3.61. The number of hydrogen-bond donors (Lipinski definition) is 2. The normalized spacial score (nSPS) is 10.4. The van der Waals surface area contributed by atoms with Gasteiger partial charge in [-0.15, -0.1) is 0 Å². The Morgan fingerprint density at radius 1 is 0.714 bits per heavy atom. The summed E-state index contributed by atoms with van der Waals surface area (Å²) in [5, 5.41) is 5.67. The number of rotatable bonds is 9. The zero-order valence-electron chi connectivity index (χ0n) is 19.5. The van der Waals surface area contributed by atoms with Crippen LogP contribution in [-0.2, 0) is 0 Å². The molecule has 0 bridgehead atoms. The molecule has 0 fully saturated rings. The Kier molecular flexibility index (Phi) is 7.86. The summed E-state index contributed by atoms with van der Waals surface area (Å²) in [7, 11) is 0. The fourth-order valence-electron chi connectivity index (χ4n) is 3.61. The molecular weight excluding hydrogens is 438 g/mol. The van der Waals surface area contributed by atoms with Crippen LogP contribution in [0.2, 0.25) is 0 Å². The van der Waals surface area contributed by atoms with Crippen molar-refractivity contribution in [1.29, 1.82) is 0 Å². The lowest BCUT2D eigenvalue weighted by Gasteiger charge is -2.11. The molecule has 0 saturated heterocycles. The smallest absolute Gasteiger partial charge is 0.269 e. The Morgan fingerprint density at radius 2 is 1.31 bits per heavy atom. The van der Waals surface area contributed by atoms with Crippen molar-refractivity contribution in [3.63, 3.8) is 0 Å². The van der Waals surface area contributed by atoms with Crippen LogP contribution in [0.4, 0.5) is 0 Å². The topological polar surface area (TPSA) is 80.3 Å². The third-order valence-electron chi connectivity index (χ3n) is 5.36. The Hall–Kier alpha value is -4.45. The van der Waals surface area contributed by atoms with Crippen LogP contribution in [0, 0.1) is 0 Å². The van der Waals surface area contributed by atoms with E-state index in [2.05, 4.69) is 15.6 Å². The molecule has 4 aromatic rings. The molecule has 0 aliphatic heterocycles. The molecule has 0 aliphatic rings. The van der Waals surface area contributed by atoms with Crippen LogP contribution in [0.1, 0.15) is 27.8 Å². The molecule has 4 rings (SSSR count). The quantitative estimate of drug-likeness (QED) is 0.342. The molecule has 6 nitrogen and oxygen atoms in total. The molecule has 0 spiro atoms. The lowest BCUT2D eigenvalue weighted by atomic mass is 10.0. The molecule has 0 aliphatic carbocycles. The first-order chi connectivity index (χ1) is 17.1. The van der Waals surface area contributed by atoms with Gasteiger partial charge in [-0.3, -0.25) is 9.59 Å². The first-order valence-electron chi connectivity index (χ1n) is 11.6. The second kappa shape index (κ2) is 11.6. The van der Waals surface area contributed by atoms with Gasteiger partial charge in [-0.2, -0.15) is 0 Å². The Labute approximate surface area is 205 Å². The van der Waals surface area contributed by atoms with Crippen LogP contribution in [0.5, 0.6) is 5.75 Å². The number of amides is 2. The Balaban J connectivity index is 1.41. The van der Waals surface area contributed by atoms with Gasteiger partial charge < -0.3 is 15.4 Å². The summed E-state index contributed by atoms with van der Waals surface area (Å²) in [5.41, 5.74) is 4.42. The maximum atomic E-state index is 12.9. The van der Waals surface area contributed by atoms with Crippen molar-refractivity contribution in [1.82, 2.24) is 15.6 Å². The lowest BCUT2D eigenvalue weighted by Crippen LogP contribution is -2.35. The number of carbonyl (C=O) groups is 2. The summed E-state index contributed by atoms with van der Waals surface area (Å²) >= 11 is 0. The van der Waals surface area contributed by atoms with Crippen molar-refractivity contribution < 1.29 is 14.3 Å². The molecular formula is C29H27N3O3. The standard InChI is InChI=1S/C29H27N3O3/c1-2-35-25-15-13-23(14-16-25)28(33)30-17-18-31-29(34)27-20-24(21-9-5-3-6-10-21)19-26(32-27)22-11-7-4-8-12-22/h3-16,19-20H,2,17-18H2,1H3,(H,30,33)(H,31,34). The minimum Gasteiger partial charge on any atom is -0.494 e. The number of nitrogens with one attached hydrogen (secondary N) is 2. The highest BCUT2D eigenvalue weighted by molar-refractivity contribution is 5.95. The zero-order valence-corrected chi connectivity index (χ0v) is 19.5. The van der Waals surface area contributed by atoms with E-state index in [0.29, 0.717) is 24.4 Å². The van der Waals surface area contributed by atoms with Crippen molar-refractivity contribution in [3.05, 3.63) is 108 Å². The lowest BCUT2D eigenvalue weighted by molar-refractivity contribution is 0.0925. The first kappa shape index (κ1) is 23.7. The van der Waals surface area contributed by atoms with Gasteiger partial charge in [0.25, 0.3) is 11.8 Å². The number of carbonyl (C=O) groups excluding carboxylic acids is 2. The number of aromatic nitrogens is 1. The summed E-state index contributed by atoms with van der Waals surface area (Å²) in [4.78, 5) is 29.9. The molecule has 6 heteroatoms. The summed E-state index contributed by atoms with van der Waals surface area (Å²) in [6.45, 7) is 3.05. The van der Waals surface area contributed by atoms with Gasteiger partial charge >= 0.3 is 0 Å². The number of ether oxygens (including phenoxy) is 1.